The van der Waals surface area contributed by atoms with Crippen LogP contribution >= 0.6 is 0 Å². The first-order chi connectivity index (χ1) is 9.75. The average Bonchev–Trinajstić information content (AvgIpc) is 2.49. The van der Waals surface area contributed by atoms with E-state index < -0.39 is 0 Å². The maximum Gasteiger partial charge on any atom is 0.0483 e. The second kappa shape index (κ2) is 6.10. The zero-order valence-electron chi connectivity index (χ0n) is 12.3. The number of aromatic nitrogens is 1. The summed E-state index contributed by atoms with van der Waals surface area (Å²) in [5.74, 6) is 0. The average molecular weight is 275 g/mol. The molecule has 4 heteroatoms. The van der Waals surface area contributed by atoms with E-state index in [0.29, 0.717) is 6.04 Å². The molecular weight excluding hydrogens is 250 g/mol. The van der Waals surface area contributed by atoms with Gasteiger partial charge in [0.25, 0.3) is 0 Å². The highest BCUT2D eigenvalue weighted by Gasteiger charge is 2.31. The van der Waals surface area contributed by atoms with Gasteiger partial charge in [-0.2, -0.15) is 0 Å². The van der Waals surface area contributed by atoms with E-state index in [0.717, 1.165) is 39.1 Å². The molecule has 3 rings (SSSR count). The molecule has 2 aliphatic heterocycles. The fraction of sp³-hybridized carbons (Fsp3) is 0.688. The monoisotopic (exact) mass is 275 g/mol. The summed E-state index contributed by atoms with van der Waals surface area (Å²) >= 11 is 0. The number of hydrogen-bond acceptors (Lipinski definition) is 4. The molecule has 0 saturated carbocycles. The summed E-state index contributed by atoms with van der Waals surface area (Å²) in [7, 11) is 0. The Morgan fingerprint density at radius 3 is 2.50 bits per heavy atom. The second-order valence-corrected chi connectivity index (χ2v) is 6.28. The molecule has 0 aromatic carbocycles. The molecule has 2 aliphatic rings. The van der Waals surface area contributed by atoms with Crippen LogP contribution in [-0.4, -0.2) is 42.9 Å². The molecule has 20 heavy (non-hydrogen) atoms. The van der Waals surface area contributed by atoms with Crippen LogP contribution < -0.4 is 10.2 Å². The highest BCUT2D eigenvalue weighted by atomic mass is 16.5. The van der Waals surface area contributed by atoms with E-state index in [1.54, 1.807) is 0 Å². The zero-order valence-corrected chi connectivity index (χ0v) is 12.3. The van der Waals surface area contributed by atoms with Crippen molar-refractivity contribution in [2.24, 2.45) is 0 Å². The topological polar surface area (TPSA) is 37.4 Å². The minimum absolute atomic E-state index is 0.280. The molecule has 4 nitrogen and oxygen atoms in total. The highest BCUT2D eigenvalue weighted by molar-refractivity contribution is 5.44. The number of piperidine rings is 1. The highest BCUT2D eigenvalue weighted by Crippen LogP contribution is 2.24. The van der Waals surface area contributed by atoms with Crippen LogP contribution in [0.3, 0.4) is 0 Å². The summed E-state index contributed by atoms with van der Waals surface area (Å²) in [5.41, 5.74) is 1.58. The molecule has 0 atom stereocenters. The molecular formula is C16H25N3O. The Morgan fingerprint density at radius 2 is 1.85 bits per heavy atom. The summed E-state index contributed by atoms with van der Waals surface area (Å²) in [6, 6.07) is 4.86. The SMILES string of the molecule is CC1(NC2CCN(c3ccncc3)CC2)CCOCC1. The van der Waals surface area contributed by atoms with E-state index >= 15 is 0 Å². The minimum atomic E-state index is 0.280. The van der Waals surface area contributed by atoms with Crippen LogP contribution in [0.1, 0.15) is 32.6 Å². The Labute approximate surface area is 121 Å². The summed E-state index contributed by atoms with van der Waals surface area (Å²) in [6.45, 7) is 6.42. The number of nitrogens with one attached hydrogen (secondary N) is 1. The van der Waals surface area contributed by atoms with Crippen LogP contribution in [0.4, 0.5) is 5.69 Å². The van der Waals surface area contributed by atoms with Gasteiger partial charge in [-0.25, -0.2) is 0 Å². The van der Waals surface area contributed by atoms with E-state index in [1.807, 2.05) is 12.4 Å². The normalized spacial score (nSPS) is 23.8. The van der Waals surface area contributed by atoms with E-state index in [2.05, 4.69) is 34.3 Å². The quantitative estimate of drug-likeness (QED) is 0.918. The van der Waals surface area contributed by atoms with Gasteiger partial charge in [0.05, 0.1) is 0 Å². The van der Waals surface area contributed by atoms with Crippen molar-refractivity contribution in [3.8, 4) is 0 Å². The van der Waals surface area contributed by atoms with Gasteiger partial charge in [0, 0.05) is 56.0 Å². The number of hydrogen-bond donors (Lipinski definition) is 1. The molecule has 110 valence electrons. The van der Waals surface area contributed by atoms with E-state index in [4.69, 9.17) is 4.74 Å². The van der Waals surface area contributed by atoms with Gasteiger partial charge >= 0.3 is 0 Å². The predicted molar refractivity (Wildman–Crippen MR) is 81.1 cm³/mol. The first-order valence-corrected chi connectivity index (χ1v) is 7.76. The van der Waals surface area contributed by atoms with Crippen molar-refractivity contribution in [3.63, 3.8) is 0 Å². The first-order valence-electron chi connectivity index (χ1n) is 7.76. The van der Waals surface area contributed by atoms with E-state index in [-0.39, 0.29) is 5.54 Å². The van der Waals surface area contributed by atoms with Gasteiger partial charge in [-0.1, -0.05) is 0 Å². The van der Waals surface area contributed by atoms with Gasteiger partial charge in [0.15, 0.2) is 0 Å². The molecule has 0 amide bonds. The first kappa shape index (κ1) is 13.8. The largest absolute Gasteiger partial charge is 0.381 e. The van der Waals surface area contributed by atoms with Gasteiger partial charge in [-0.3, -0.25) is 4.98 Å². The van der Waals surface area contributed by atoms with Crippen molar-refractivity contribution in [1.29, 1.82) is 0 Å². The molecule has 1 aromatic heterocycles. The predicted octanol–water partition coefficient (Wildman–Crippen LogP) is 2.21. The third-order valence-electron chi connectivity index (χ3n) is 4.67. The molecule has 3 heterocycles. The molecule has 0 unspecified atom stereocenters. The lowest BCUT2D eigenvalue weighted by molar-refractivity contribution is 0.0391. The van der Waals surface area contributed by atoms with Gasteiger partial charge in [0.2, 0.25) is 0 Å². The molecule has 0 aliphatic carbocycles. The summed E-state index contributed by atoms with van der Waals surface area (Å²) < 4.78 is 5.47. The number of nitrogens with zero attached hydrogens (tertiary/aromatic N) is 2. The maximum absolute atomic E-state index is 5.47. The van der Waals surface area contributed by atoms with Crippen molar-refractivity contribution in [2.45, 2.75) is 44.2 Å². The Kier molecular flexibility index (Phi) is 4.22. The fourth-order valence-corrected chi connectivity index (χ4v) is 3.30. The molecule has 0 radical (unpaired) electrons. The van der Waals surface area contributed by atoms with Crippen LogP contribution in [0, 0.1) is 0 Å². The smallest absolute Gasteiger partial charge is 0.0483 e. The molecule has 1 N–H and O–H groups in total. The van der Waals surface area contributed by atoms with E-state index in [9.17, 15) is 0 Å². The van der Waals surface area contributed by atoms with Crippen LogP contribution in [0.5, 0.6) is 0 Å². The van der Waals surface area contributed by atoms with Crippen molar-refractivity contribution >= 4 is 5.69 Å². The minimum Gasteiger partial charge on any atom is -0.381 e. The fourth-order valence-electron chi connectivity index (χ4n) is 3.30. The third kappa shape index (κ3) is 3.30. The number of anilines is 1. The number of pyridine rings is 1. The van der Waals surface area contributed by atoms with E-state index in [1.165, 1.54) is 18.5 Å². The number of ether oxygens (including phenoxy) is 1. The lowest BCUT2D eigenvalue weighted by Crippen LogP contribution is -2.54. The molecule has 0 bridgehead atoms. The van der Waals surface area contributed by atoms with Crippen molar-refractivity contribution in [3.05, 3.63) is 24.5 Å². The third-order valence-corrected chi connectivity index (χ3v) is 4.67. The molecule has 2 fully saturated rings. The Morgan fingerprint density at radius 1 is 1.20 bits per heavy atom. The molecule has 0 spiro atoms. The molecule has 1 aromatic rings. The lowest BCUT2D eigenvalue weighted by atomic mass is 9.90. The van der Waals surface area contributed by atoms with Crippen LogP contribution in [-0.2, 0) is 4.74 Å². The Balaban J connectivity index is 1.51. The van der Waals surface area contributed by atoms with Crippen molar-refractivity contribution < 1.29 is 4.74 Å². The number of rotatable bonds is 3. The second-order valence-electron chi connectivity index (χ2n) is 6.28. The van der Waals surface area contributed by atoms with Crippen molar-refractivity contribution in [1.82, 2.24) is 10.3 Å². The Hall–Kier alpha value is -1.13. The van der Waals surface area contributed by atoms with Crippen molar-refractivity contribution in [2.75, 3.05) is 31.2 Å². The summed E-state index contributed by atoms with van der Waals surface area (Å²) in [6.07, 6.45) is 8.47. The van der Waals surface area contributed by atoms with Gasteiger partial charge in [0.1, 0.15) is 0 Å². The summed E-state index contributed by atoms with van der Waals surface area (Å²) in [4.78, 5) is 6.56. The maximum atomic E-state index is 5.47. The van der Waals surface area contributed by atoms with Crippen LogP contribution in [0.15, 0.2) is 24.5 Å². The lowest BCUT2D eigenvalue weighted by Gasteiger charge is -2.41. The van der Waals surface area contributed by atoms with Gasteiger partial charge in [-0.05, 0) is 44.7 Å². The zero-order chi connectivity index (χ0) is 13.8. The van der Waals surface area contributed by atoms with Gasteiger partial charge in [-0.15, -0.1) is 0 Å². The summed E-state index contributed by atoms with van der Waals surface area (Å²) in [5, 5.41) is 3.89. The Bertz CT molecular complexity index is 409. The standard InChI is InChI=1S/C16H25N3O/c1-16(6-12-20-13-7-16)18-14-4-10-19(11-5-14)15-2-8-17-9-3-15/h2-3,8-9,14,18H,4-7,10-13H2,1H3. The van der Waals surface area contributed by atoms with Crippen LogP contribution in [0.2, 0.25) is 0 Å². The molecule has 2 saturated heterocycles. The van der Waals surface area contributed by atoms with Gasteiger partial charge < -0.3 is 15.0 Å². The van der Waals surface area contributed by atoms with Crippen LogP contribution in [0.25, 0.3) is 0 Å².